The van der Waals surface area contributed by atoms with Crippen molar-refractivity contribution in [1.82, 2.24) is 20.0 Å². The monoisotopic (exact) mass is 559 g/mol. The van der Waals surface area contributed by atoms with E-state index in [0.29, 0.717) is 6.54 Å². The largest absolute Gasteiger partial charge is 0.497 e. The number of rotatable bonds is 7. The number of hydrogen-bond donors (Lipinski definition) is 1. The third kappa shape index (κ3) is 7.13. The summed E-state index contributed by atoms with van der Waals surface area (Å²) in [7, 11) is 3.46. The van der Waals surface area contributed by atoms with Gasteiger partial charge in [0.05, 0.1) is 19.7 Å². The van der Waals surface area contributed by atoms with Crippen molar-refractivity contribution < 1.29 is 14.3 Å². The SMILES string of the molecule is CN=C(NCC(C)Oc1ccc(OC)cc1)N1CCN(C(C)C(=O)N2CCCC2)CC1.I. The second kappa shape index (κ2) is 13.1. The standard InChI is InChI=1S/C23H37N5O3.HI/c1-18(31-21-9-7-20(30-4)8-10-21)17-25-23(24-3)28-15-13-26(14-16-28)19(2)22(29)27-11-5-6-12-27;/h7-10,18-19H,5-6,11-17H2,1-4H3,(H,24,25);1H. The van der Waals surface area contributed by atoms with Crippen molar-refractivity contribution in [2.45, 2.75) is 38.8 Å². The van der Waals surface area contributed by atoms with Crippen LogP contribution in [0.5, 0.6) is 11.5 Å². The minimum absolute atomic E-state index is 0. The summed E-state index contributed by atoms with van der Waals surface area (Å²) in [5.41, 5.74) is 0. The van der Waals surface area contributed by atoms with E-state index in [1.165, 1.54) is 0 Å². The fraction of sp³-hybridized carbons (Fsp3) is 0.652. The van der Waals surface area contributed by atoms with Gasteiger partial charge in [0.1, 0.15) is 17.6 Å². The summed E-state index contributed by atoms with van der Waals surface area (Å²) in [6.45, 7) is 9.99. The van der Waals surface area contributed by atoms with E-state index in [0.717, 1.165) is 69.6 Å². The maximum absolute atomic E-state index is 12.7. The summed E-state index contributed by atoms with van der Waals surface area (Å²) >= 11 is 0. The molecule has 0 saturated carbocycles. The fourth-order valence-corrected chi connectivity index (χ4v) is 4.17. The highest BCUT2D eigenvalue weighted by Gasteiger charge is 2.30. The van der Waals surface area contributed by atoms with Crippen molar-refractivity contribution in [2.24, 2.45) is 4.99 Å². The van der Waals surface area contributed by atoms with Crippen molar-refractivity contribution in [3.8, 4) is 11.5 Å². The van der Waals surface area contributed by atoms with Crippen LogP contribution in [0.2, 0.25) is 0 Å². The molecule has 1 aromatic rings. The molecule has 0 aliphatic carbocycles. The Morgan fingerprint density at radius 1 is 1.00 bits per heavy atom. The number of piperazine rings is 1. The number of nitrogens with zero attached hydrogens (tertiary/aromatic N) is 4. The first-order valence-corrected chi connectivity index (χ1v) is 11.3. The Balaban J connectivity index is 0.00000363. The van der Waals surface area contributed by atoms with E-state index in [1.54, 1.807) is 7.11 Å². The van der Waals surface area contributed by atoms with Crippen LogP contribution in [0.15, 0.2) is 29.3 Å². The molecule has 0 radical (unpaired) electrons. The van der Waals surface area contributed by atoms with Crippen molar-refractivity contribution in [1.29, 1.82) is 0 Å². The highest BCUT2D eigenvalue weighted by Crippen LogP contribution is 2.18. The lowest BCUT2D eigenvalue weighted by Gasteiger charge is -2.39. The van der Waals surface area contributed by atoms with Gasteiger partial charge in [-0.15, -0.1) is 24.0 Å². The molecule has 1 N–H and O–H groups in total. The molecule has 180 valence electrons. The predicted molar refractivity (Wildman–Crippen MR) is 138 cm³/mol. The zero-order valence-electron chi connectivity index (χ0n) is 19.7. The quantitative estimate of drug-likeness (QED) is 0.314. The van der Waals surface area contributed by atoms with Crippen LogP contribution in [0.3, 0.4) is 0 Å². The molecule has 0 bridgehead atoms. The molecule has 32 heavy (non-hydrogen) atoms. The number of aliphatic imine (C=N–C) groups is 1. The number of guanidine groups is 1. The molecule has 0 spiro atoms. The number of halogens is 1. The highest BCUT2D eigenvalue weighted by molar-refractivity contribution is 14.0. The molecule has 1 aromatic carbocycles. The van der Waals surface area contributed by atoms with E-state index in [9.17, 15) is 4.79 Å². The van der Waals surface area contributed by atoms with Gasteiger partial charge >= 0.3 is 0 Å². The van der Waals surface area contributed by atoms with E-state index in [4.69, 9.17) is 9.47 Å². The number of hydrogen-bond acceptors (Lipinski definition) is 5. The van der Waals surface area contributed by atoms with Crippen LogP contribution >= 0.6 is 24.0 Å². The second-order valence-electron chi connectivity index (χ2n) is 8.26. The van der Waals surface area contributed by atoms with E-state index < -0.39 is 0 Å². The molecule has 2 atom stereocenters. The van der Waals surface area contributed by atoms with Gasteiger partial charge in [0.25, 0.3) is 0 Å². The molecule has 9 heteroatoms. The van der Waals surface area contributed by atoms with E-state index in [1.807, 2.05) is 50.1 Å². The zero-order chi connectivity index (χ0) is 22.2. The number of methoxy groups -OCH3 is 1. The van der Waals surface area contributed by atoms with Crippen LogP contribution in [0, 0.1) is 0 Å². The van der Waals surface area contributed by atoms with Gasteiger partial charge in [-0.05, 0) is 51.0 Å². The van der Waals surface area contributed by atoms with Gasteiger partial charge in [-0.3, -0.25) is 14.7 Å². The molecular formula is C23H38IN5O3. The molecule has 3 rings (SSSR count). The number of carbonyl (C=O) groups excluding carboxylic acids is 1. The first-order chi connectivity index (χ1) is 15.0. The van der Waals surface area contributed by atoms with Crippen LogP contribution < -0.4 is 14.8 Å². The third-order valence-corrected chi connectivity index (χ3v) is 6.09. The van der Waals surface area contributed by atoms with Crippen LogP contribution in [-0.4, -0.2) is 98.7 Å². The lowest BCUT2D eigenvalue weighted by atomic mass is 10.2. The molecular weight excluding hydrogens is 521 g/mol. The van der Waals surface area contributed by atoms with Gasteiger partial charge in [0, 0.05) is 46.3 Å². The van der Waals surface area contributed by atoms with Gasteiger partial charge in [-0.1, -0.05) is 0 Å². The Bertz CT molecular complexity index is 732. The second-order valence-corrected chi connectivity index (χ2v) is 8.26. The number of ether oxygens (including phenoxy) is 2. The van der Waals surface area contributed by atoms with Crippen molar-refractivity contribution in [3.05, 3.63) is 24.3 Å². The minimum Gasteiger partial charge on any atom is -0.497 e. The smallest absolute Gasteiger partial charge is 0.239 e. The summed E-state index contributed by atoms with van der Waals surface area (Å²) in [6.07, 6.45) is 2.26. The molecule has 2 aliphatic heterocycles. The topological polar surface area (TPSA) is 69.6 Å². The fourth-order valence-electron chi connectivity index (χ4n) is 4.17. The maximum Gasteiger partial charge on any atom is 0.239 e. The lowest BCUT2D eigenvalue weighted by Crippen LogP contribution is -2.57. The average Bonchev–Trinajstić information content (AvgIpc) is 3.34. The molecule has 2 saturated heterocycles. The van der Waals surface area contributed by atoms with E-state index >= 15 is 0 Å². The van der Waals surface area contributed by atoms with Crippen LogP contribution in [0.25, 0.3) is 0 Å². The number of carbonyl (C=O) groups is 1. The number of amides is 1. The van der Waals surface area contributed by atoms with Crippen molar-refractivity contribution in [3.63, 3.8) is 0 Å². The lowest BCUT2D eigenvalue weighted by molar-refractivity contribution is -0.135. The predicted octanol–water partition coefficient (Wildman–Crippen LogP) is 2.28. The molecule has 2 unspecified atom stereocenters. The van der Waals surface area contributed by atoms with Gasteiger partial charge in [0.2, 0.25) is 5.91 Å². The number of likely N-dealkylation sites (tertiary alicyclic amines) is 1. The van der Waals surface area contributed by atoms with Gasteiger partial charge in [-0.2, -0.15) is 0 Å². The summed E-state index contributed by atoms with van der Waals surface area (Å²) in [5.74, 6) is 2.78. The number of nitrogens with one attached hydrogen (secondary N) is 1. The number of benzene rings is 1. The summed E-state index contributed by atoms with van der Waals surface area (Å²) in [5, 5.41) is 3.43. The van der Waals surface area contributed by atoms with E-state index in [-0.39, 0.29) is 42.0 Å². The van der Waals surface area contributed by atoms with Crippen LogP contribution in [0.1, 0.15) is 26.7 Å². The van der Waals surface area contributed by atoms with Gasteiger partial charge in [-0.25, -0.2) is 0 Å². The highest BCUT2D eigenvalue weighted by atomic mass is 127. The Morgan fingerprint density at radius 2 is 1.59 bits per heavy atom. The third-order valence-electron chi connectivity index (χ3n) is 6.09. The molecule has 1 amide bonds. The van der Waals surface area contributed by atoms with Crippen LogP contribution in [0.4, 0.5) is 0 Å². The van der Waals surface area contributed by atoms with Crippen LogP contribution in [-0.2, 0) is 4.79 Å². The van der Waals surface area contributed by atoms with E-state index in [2.05, 4.69) is 20.1 Å². The zero-order valence-corrected chi connectivity index (χ0v) is 22.1. The summed E-state index contributed by atoms with van der Waals surface area (Å²) in [4.78, 5) is 23.7. The Hall–Kier alpha value is -1.75. The molecule has 2 fully saturated rings. The molecule has 2 heterocycles. The average molecular weight is 559 g/mol. The first kappa shape index (κ1) is 26.5. The molecule has 8 nitrogen and oxygen atoms in total. The van der Waals surface area contributed by atoms with Gasteiger partial charge in [0.15, 0.2) is 5.96 Å². The summed E-state index contributed by atoms with van der Waals surface area (Å²) in [6, 6.07) is 7.56. The first-order valence-electron chi connectivity index (χ1n) is 11.3. The normalized spacial score (nSPS) is 19.2. The molecule has 2 aliphatic rings. The van der Waals surface area contributed by atoms with Crippen molar-refractivity contribution in [2.75, 3.05) is 60.0 Å². The Labute approximate surface area is 209 Å². The minimum atomic E-state index is -0.0480. The Morgan fingerprint density at radius 3 is 2.16 bits per heavy atom. The van der Waals surface area contributed by atoms with Crippen molar-refractivity contribution >= 4 is 35.8 Å². The Kier molecular flexibility index (Phi) is 10.8. The maximum atomic E-state index is 12.7. The summed E-state index contributed by atoms with van der Waals surface area (Å²) < 4.78 is 11.2. The molecule has 0 aromatic heterocycles. The van der Waals surface area contributed by atoms with Gasteiger partial charge < -0.3 is 24.6 Å².